The SMILES string of the molecule is CC(C)OC(=O)c1cccc(N2C(=O)[C@@H]3[C@@H](C2=O)[C@@]2(c4ccccc4)C(=O)[C@@]3(c3ccccc3)C(c3ccccc3)=C2c2ccccc2)c1. The molecule has 5 aromatic rings. The van der Waals surface area contributed by atoms with Crippen molar-refractivity contribution >= 4 is 40.4 Å². The van der Waals surface area contributed by atoms with Crippen LogP contribution in [0.4, 0.5) is 5.69 Å². The molecule has 4 atom stereocenters. The number of benzene rings is 5. The molecule has 2 amide bonds. The number of anilines is 1. The number of Topliss-reactive ketones (excluding diaryl/α,β-unsaturated/α-hetero) is 1. The number of esters is 1. The highest BCUT2D eigenvalue weighted by Gasteiger charge is 2.82. The summed E-state index contributed by atoms with van der Waals surface area (Å²) < 4.78 is 5.44. The van der Waals surface area contributed by atoms with E-state index in [4.69, 9.17) is 4.74 Å². The Bertz CT molecular complexity index is 2040. The fourth-order valence-electron chi connectivity index (χ4n) is 8.64. The maximum Gasteiger partial charge on any atom is 0.338 e. The number of carbonyl (C=O) groups is 4. The summed E-state index contributed by atoms with van der Waals surface area (Å²) in [6.45, 7) is 3.52. The van der Waals surface area contributed by atoms with Crippen LogP contribution in [0.15, 0.2) is 146 Å². The van der Waals surface area contributed by atoms with Gasteiger partial charge in [-0.3, -0.25) is 14.4 Å². The molecule has 2 bridgehead atoms. The number of hydrogen-bond acceptors (Lipinski definition) is 5. The van der Waals surface area contributed by atoms with E-state index in [0.29, 0.717) is 11.1 Å². The van der Waals surface area contributed by atoms with Gasteiger partial charge in [0.1, 0.15) is 0 Å². The Morgan fingerprint density at radius 2 is 1.02 bits per heavy atom. The van der Waals surface area contributed by atoms with Gasteiger partial charge >= 0.3 is 5.97 Å². The van der Waals surface area contributed by atoms with Crippen molar-refractivity contribution < 1.29 is 23.9 Å². The molecule has 3 aliphatic rings. The zero-order valence-electron chi connectivity index (χ0n) is 27.1. The second kappa shape index (κ2) is 11.4. The Hall–Kier alpha value is -5.88. The van der Waals surface area contributed by atoms with E-state index in [0.717, 1.165) is 22.3 Å². The van der Waals surface area contributed by atoms with E-state index >= 15 is 14.4 Å². The molecule has 6 heteroatoms. The number of rotatable bonds is 7. The summed E-state index contributed by atoms with van der Waals surface area (Å²) in [5.41, 5.74) is 1.92. The molecule has 1 aliphatic heterocycles. The van der Waals surface area contributed by atoms with Gasteiger partial charge in [0, 0.05) is 0 Å². The van der Waals surface area contributed by atoms with Gasteiger partial charge in [-0.25, -0.2) is 9.69 Å². The van der Waals surface area contributed by atoms with Gasteiger partial charge in [0.15, 0.2) is 5.78 Å². The standard InChI is InChI=1S/C43H33NO5/c1-27(2)49-40(47)30-20-15-25-33(26-30)44-38(45)36-37(39(44)46)43(32-23-13-6-14-24-32)35(29-18-9-4-10-19-29)34(28-16-7-3-8-17-28)42(36,41(43)48)31-21-11-5-12-22-31/h3-27,36-37H,1-2H3/t36-,37-,42-,43-/m0/s1. The first-order valence-electron chi connectivity index (χ1n) is 16.5. The van der Waals surface area contributed by atoms with E-state index < -0.39 is 40.4 Å². The topological polar surface area (TPSA) is 80.8 Å². The Balaban J connectivity index is 1.47. The van der Waals surface area contributed by atoms with Gasteiger partial charge in [-0.1, -0.05) is 127 Å². The van der Waals surface area contributed by atoms with Crippen molar-refractivity contribution in [2.45, 2.75) is 30.8 Å². The lowest BCUT2D eigenvalue weighted by atomic mass is 9.59. The van der Waals surface area contributed by atoms with E-state index in [1.165, 1.54) is 11.0 Å². The highest BCUT2D eigenvalue weighted by Crippen LogP contribution is 2.74. The Morgan fingerprint density at radius 3 is 1.45 bits per heavy atom. The number of amides is 2. The van der Waals surface area contributed by atoms with Crippen LogP contribution < -0.4 is 4.90 Å². The third kappa shape index (κ3) is 4.13. The highest BCUT2D eigenvalue weighted by atomic mass is 16.5. The second-order valence-corrected chi connectivity index (χ2v) is 13.1. The normalized spacial score (nSPS) is 24.1. The monoisotopic (exact) mass is 643 g/mol. The molecule has 0 unspecified atom stereocenters. The van der Waals surface area contributed by atoms with Crippen molar-refractivity contribution in [1.29, 1.82) is 0 Å². The van der Waals surface area contributed by atoms with Gasteiger partial charge in [-0.15, -0.1) is 0 Å². The number of ether oxygens (including phenoxy) is 1. The van der Waals surface area contributed by atoms with Gasteiger partial charge in [-0.05, 0) is 65.4 Å². The lowest BCUT2D eigenvalue weighted by Crippen LogP contribution is -2.45. The van der Waals surface area contributed by atoms with Crippen molar-refractivity contribution in [2.75, 3.05) is 4.90 Å². The first kappa shape index (κ1) is 30.5. The lowest BCUT2D eigenvalue weighted by molar-refractivity contribution is -0.130. The fraction of sp³-hybridized carbons (Fsp3) is 0.163. The largest absolute Gasteiger partial charge is 0.459 e. The van der Waals surface area contributed by atoms with E-state index in [2.05, 4.69) is 0 Å². The smallest absolute Gasteiger partial charge is 0.338 e. The average molecular weight is 644 g/mol. The molecular formula is C43H33NO5. The van der Waals surface area contributed by atoms with E-state index in [1.54, 1.807) is 32.0 Å². The first-order valence-corrected chi connectivity index (χ1v) is 16.5. The van der Waals surface area contributed by atoms with Crippen molar-refractivity contribution in [2.24, 2.45) is 11.8 Å². The number of allylic oxidation sites excluding steroid dienone is 2. The van der Waals surface area contributed by atoms with Gasteiger partial charge in [0.2, 0.25) is 11.8 Å². The Kier molecular flexibility index (Phi) is 7.07. The van der Waals surface area contributed by atoms with Crippen LogP contribution in [0.25, 0.3) is 11.1 Å². The van der Waals surface area contributed by atoms with Crippen LogP contribution in [0.3, 0.4) is 0 Å². The second-order valence-electron chi connectivity index (χ2n) is 13.1. The van der Waals surface area contributed by atoms with Gasteiger partial charge in [0.05, 0.1) is 40.0 Å². The number of ketones is 1. The van der Waals surface area contributed by atoms with Crippen LogP contribution in [-0.2, 0) is 30.0 Å². The van der Waals surface area contributed by atoms with Crippen molar-refractivity contribution in [3.05, 3.63) is 173 Å². The first-order chi connectivity index (χ1) is 23.8. The quantitative estimate of drug-likeness (QED) is 0.136. The molecule has 0 aromatic heterocycles. The van der Waals surface area contributed by atoms with Crippen LogP contribution in [0.2, 0.25) is 0 Å². The predicted octanol–water partition coefficient (Wildman–Crippen LogP) is 7.44. The molecule has 0 N–H and O–H groups in total. The molecule has 49 heavy (non-hydrogen) atoms. The molecule has 8 rings (SSSR count). The molecule has 0 radical (unpaired) electrons. The molecule has 1 saturated carbocycles. The molecule has 5 aromatic carbocycles. The average Bonchev–Trinajstić information content (AvgIpc) is 3.65. The summed E-state index contributed by atoms with van der Waals surface area (Å²) in [4.78, 5) is 60.4. The van der Waals surface area contributed by atoms with Crippen LogP contribution in [0.5, 0.6) is 0 Å². The van der Waals surface area contributed by atoms with E-state index in [1.807, 2.05) is 121 Å². The molecule has 0 spiro atoms. The van der Waals surface area contributed by atoms with Crippen LogP contribution in [0.1, 0.15) is 46.5 Å². The fourth-order valence-corrected chi connectivity index (χ4v) is 8.64. The molecule has 1 heterocycles. The molecule has 1 saturated heterocycles. The summed E-state index contributed by atoms with van der Waals surface area (Å²) in [6, 6.07) is 44.8. The number of fused-ring (bicyclic) bond motifs is 5. The van der Waals surface area contributed by atoms with Gasteiger partial charge < -0.3 is 4.74 Å². The van der Waals surface area contributed by atoms with Crippen molar-refractivity contribution in [3.63, 3.8) is 0 Å². The molecule has 2 fully saturated rings. The maximum absolute atomic E-state index is 15.9. The van der Waals surface area contributed by atoms with Crippen LogP contribution in [-0.4, -0.2) is 29.7 Å². The number of imide groups is 1. The minimum atomic E-state index is -1.50. The van der Waals surface area contributed by atoms with Gasteiger partial charge in [-0.2, -0.15) is 0 Å². The van der Waals surface area contributed by atoms with Gasteiger partial charge in [0.25, 0.3) is 0 Å². The summed E-state index contributed by atoms with van der Waals surface area (Å²) in [5.74, 6) is -3.78. The predicted molar refractivity (Wildman–Crippen MR) is 187 cm³/mol. The molecule has 240 valence electrons. The van der Waals surface area contributed by atoms with Crippen LogP contribution in [0, 0.1) is 11.8 Å². The van der Waals surface area contributed by atoms with Crippen molar-refractivity contribution in [1.82, 2.24) is 0 Å². The molecule has 2 aliphatic carbocycles. The number of carbonyl (C=O) groups excluding carboxylic acids is 4. The van der Waals surface area contributed by atoms with Crippen molar-refractivity contribution in [3.8, 4) is 0 Å². The summed E-state index contributed by atoms with van der Waals surface area (Å²) in [5, 5.41) is 0. The Labute approximate surface area is 284 Å². The minimum Gasteiger partial charge on any atom is -0.459 e. The van der Waals surface area contributed by atoms with E-state index in [-0.39, 0.29) is 23.1 Å². The molecule has 6 nitrogen and oxygen atoms in total. The summed E-state index contributed by atoms with van der Waals surface area (Å²) >= 11 is 0. The number of hydrogen-bond donors (Lipinski definition) is 0. The Morgan fingerprint density at radius 1 is 0.592 bits per heavy atom. The summed E-state index contributed by atoms with van der Waals surface area (Å²) in [7, 11) is 0. The minimum absolute atomic E-state index is 0.180. The number of nitrogens with zero attached hydrogens (tertiary/aromatic N) is 1. The molecular weight excluding hydrogens is 610 g/mol. The third-order valence-electron chi connectivity index (χ3n) is 10.3. The maximum atomic E-state index is 15.9. The zero-order valence-corrected chi connectivity index (χ0v) is 27.1. The summed E-state index contributed by atoms with van der Waals surface area (Å²) in [6.07, 6.45) is -0.345. The lowest BCUT2D eigenvalue weighted by Gasteiger charge is -2.39. The highest BCUT2D eigenvalue weighted by molar-refractivity contribution is 6.39. The third-order valence-corrected chi connectivity index (χ3v) is 10.3. The van der Waals surface area contributed by atoms with E-state index in [9.17, 15) is 4.79 Å². The van der Waals surface area contributed by atoms with Crippen LogP contribution >= 0.6 is 0 Å². The zero-order chi connectivity index (χ0) is 33.9.